The molecule has 2 heterocycles. The first-order valence-corrected chi connectivity index (χ1v) is 8.37. The van der Waals surface area contributed by atoms with Crippen molar-refractivity contribution in [3.8, 4) is 0 Å². The van der Waals surface area contributed by atoms with Gasteiger partial charge in [-0.15, -0.1) is 22.7 Å². The van der Waals surface area contributed by atoms with E-state index in [1.54, 1.807) is 22.7 Å². The van der Waals surface area contributed by atoms with E-state index in [-0.39, 0.29) is 6.04 Å². The number of fused-ring (bicyclic) bond motifs is 1. The molecule has 0 bridgehead atoms. The summed E-state index contributed by atoms with van der Waals surface area (Å²) in [6.07, 6.45) is 0. The van der Waals surface area contributed by atoms with E-state index in [0.29, 0.717) is 0 Å². The molecular weight excluding hydrogens is 294 g/mol. The Morgan fingerprint density at radius 2 is 2.05 bits per heavy atom. The van der Waals surface area contributed by atoms with Gasteiger partial charge in [0, 0.05) is 9.58 Å². The minimum atomic E-state index is 0.189. The fraction of sp³-hybridized carbons (Fsp3) is 0.200. The highest BCUT2D eigenvalue weighted by Gasteiger charge is 2.20. The van der Waals surface area contributed by atoms with Crippen molar-refractivity contribution in [3.05, 3.63) is 56.6 Å². The number of hydrogen-bond acceptors (Lipinski definition) is 3. The molecule has 1 unspecified atom stereocenters. The van der Waals surface area contributed by atoms with Crippen LogP contribution in [0.3, 0.4) is 0 Å². The Hall–Kier alpha value is -0.870. The molecule has 4 heteroatoms. The van der Waals surface area contributed by atoms with Crippen LogP contribution in [0.25, 0.3) is 10.1 Å². The Morgan fingerprint density at radius 1 is 1.21 bits per heavy atom. The van der Waals surface area contributed by atoms with Crippen LogP contribution in [0.4, 0.5) is 0 Å². The molecule has 1 N–H and O–H groups in total. The van der Waals surface area contributed by atoms with E-state index in [2.05, 4.69) is 47.3 Å². The van der Waals surface area contributed by atoms with Crippen LogP contribution in [0.15, 0.2) is 41.1 Å². The van der Waals surface area contributed by atoms with Gasteiger partial charge in [-0.1, -0.05) is 36.7 Å². The molecule has 0 aliphatic carbocycles. The average molecular weight is 308 g/mol. The van der Waals surface area contributed by atoms with Gasteiger partial charge in [-0.25, -0.2) is 0 Å². The van der Waals surface area contributed by atoms with Gasteiger partial charge in [0.05, 0.1) is 11.1 Å². The Kier molecular flexibility index (Phi) is 3.89. The van der Waals surface area contributed by atoms with E-state index in [1.165, 1.54) is 20.5 Å². The predicted molar refractivity (Wildman–Crippen MR) is 86.7 cm³/mol. The molecule has 0 saturated heterocycles. The van der Waals surface area contributed by atoms with E-state index in [9.17, 15) is 0 Å². The van der Waals surface area contributed by atoms with Gasteiger partial charge in [0.1, 0.15) is 0 Å². The van der Waals surface area contributed by atoms with Crippen LogP contribution < -0.4 is 5.32 Å². The zero-order chi connectivity index (χ0) is 13.2. The minimum absolute atomic E-state index is 0.189. The number of halogens is 1. The van der Waals surface area contributed by atoms with Gasteiger partial charge >= 0.3 is 0 Å². The second kappa shape index (κ2) is 5.63. The molecule has 0 spiro atoms. The lowest BCUT2D eigenvalue weighted by molar-refractivity contribution is 0.645. The molecule has 0 radical (unpaired) electrons. The summed E-state index contributed by atoms with van der Waals surface area (Å²) in [5.74, 6) is 0. The number of benzene rings is 1. The summed E-state index contributed by atoms with van der Waals surface area (Å²) in [5, 5.41) is 10.0. The molecule has 98 valence electrons. The summed E-state index contributed by atoms with van der Waals surface area (Å²) in [5.41, 5.74) is 1.33. The maximum Gasteiger partial charge on any atom is 0.0700 e. The normalized spacial score (nSPS) is 12.9. The zero-order valence-electron chi connectivity index (χ0n) is 10.5. The quantitative estimate of drug-likeness (QED) is 0.688. The number of hydrogen-bond donors (Lipinski definition) is 1. The van der Waals surface area contributed by atoms with E-state index in [4.69, 9.17) is 11.6 Å². The lowest BCUT2D eigenvalue weighted by Gasteiger charge is -2.17. The maximum absolute atomic E-state index is 6.31. The van der Waals surface area contributed by atoms with Gasteiger partial charge in [-0.05, 0) is 40.4 Å². The van der Waals surface area contributed by atoms with Gasteiger partial charge in [-0.3, -0.25) is 0 Å². The summed E-state index contributed by atoms with van der Waals surface area (Å²) in [6.45, 7) is 3.05. The van der Waals surface area contributed by atoms with Crippen molar-refractivity contribution in [2.45, 2.75) is 13.0 Å². The molecule has 1 aromatic carbocycles. The Balaban J connectivity index is 2.12. The fourth-order valence-corrected chi connectivity index (χ4v) is 4.53. The average Bonchev–Trinajstić information content (AvgIpc) is 3.03. The Morgan fingerprint density at radius 3 is 2.79 bits per heavy atom. The van der Waals surface area contributed by atoms with Crippen LogP contribution in [0.1, 0.15) is 23.4 Å². The predicted octanol–water partition coefficient (Wildman–Crippen LogP) is 5.32. The van der Waals surface area contributed by atoms with E-state index in [1.807, 2.05) is 6.07 Å². The van der Waals surface area contributed by atoms with Crippen LogP contribution in [0, 0.1) is 0 Å². The van der Waals surface area contributed by atoms with Crippen molar-refractivity contribution in [2.24, 2.45) is 0 Å². The maximum atomic E-state index is 6.31. The summed E-state index contributed by atoms with van der Waals surface area (Å²) in [7, 11) is 0. The number of rotatable bonds is 4. The highest BCUT2D eigenvalue weighted by Crippen LogP contribution is 2.38. The highest BCUT2D eigenvalue weighted by atomic mass is 35.5. The summed E-state index contributed by atoms with van der Waals surface area (Å²) in [4.78, 5) is 1.20. The molecule has 0 saturated carbocycles. The van der Waals surface area contributed by atoms with Crippen LogP contribution >= 0.6 is 34.3 Å². The van der Waals surface area contributed by atoms with Crippen molar-refractivity contribution in [3.63, 3.8) is 0 Å². The first kappa shape index (κ1) is 13.1. The van der Waals surface area contributed by atoms with Gasteiger partial charge in [0.15, 0.2) is 0 Å². The van der Waals surface area contributed by atoms with Crippen molar-refractivity contribution >= 4 is 44.4 Å². The van der Waals surface area contributed by atoms with Gasteiger partial charge in [0.2, 0.25) is 0 Å². The fourth-order valence-electron chi connectivity index (χ4n) is 2.28. The highest BCUT2D eigenvalue weighted by molar-refractivity contribution is 7.17. The lowest BCUT2D eigenvalue weighted by atomic mass is 10.0. The summed E-state index contributed by atoms with van der Waals surface area (Å²) >= 11 is 9.82. The monoisotopic (exact) mass is 307 g/mol. The van der Waals surface area contributed by atoms with Crippen LogP contribution in [-0.2, 0) is 0 Å². The van der Waals surface area contributed by atoms with E-state index in [0.717, 1.165) is 11.6 Å². The van der Waals surface area contributed by atoms with E-state index >= 15 is 0 Å². The summed E-state index contributed by atoms with van der Waals surface area (Å²) < 4.78 is 1.33. The molecule has 2 aromatic heterocycles. The Bertz CT molecular complexity index is 686. The van der Waals surface area contributed by atoms with Crippen LogP contribution in [0.5, 0.6) is 0 Å². The molecule has 3 aromatic rings. The first-order valence-electron chi connectivity index (χ1n) is 6.23. The van der Waals surface area contributed by atoms with Crippen molar-refractivity contribution in [1.29, 1.82) is 0 Å². The number of nitrogens with one attached hydrogen (secondary N) is 1. The second-order valence-corrected chi connectivity index (χ2v) is 6.58. The Labute approximate surface area is 125 Å². The van der Waals surface area contributed by atoms with Gasteiger partial charge in [-0.2, -0.15) is 0 Å². The van der Waals surface area contributed by atoms with E-state index < -0.39 is 0 Å². The molecule has 19 heavy (non-hydrogen) atoms. The molecule has 1 nitrogen and oxygen atoms in total. The minimum Gasteiger partial charge on any atom is -0.306 e. The molecular formula is C15H14ClNS2. The third-order valence-electron chi connectivity index (χ3n) is 3.14. The largest absolute Gasteiger partial charge is 0.306 e. The van der Waals surface area contributed by atoms with Gasteiger partial charge in [0.25, 0.3) is 0 Å². The molecule has 0 aliphatic rings. The van der Waals surface area contributed by atoms with Crippen LogP contribution in [0.2, 0.25) is 5.02 Å². The molecule has 0 fully saturated rings. The number of thiophene rings is 2. The third kappa shape index (κ3) is 2.43. The SMILES string of the molecule is CCNC(c1sccc1Cl)c1csc2ccccc12. The van der Waals surface area contributed by atoms with Crippen LogP contribution in [-0.4, -0.2) is 6.54 Å². The first-order chi connectivity index (χ1) is 9.31. The standard InChI is InChI=1S/C15H14ClNS2/c1-2-17-14(15-12(16)7-8-18-15)11-9-19-13-6-4-3-5-10(11)13/h3-9,14,17H,2H2,1H3. The molecule has 3 rings (SSSR count). The van der Waals surface area contributed by atoms with Crippen molar-refractivity contribution in [1.82, 2.24) is 5.32 Å². The third-order valence-corrected chi connectivity index (χ3v) is 5.54. The zero-order valence-corrected chi connectivity index (χ0v) is 12.9. The van der Waals surface area contributed by atoms with Crippen molar-refractivity contribution < 1.29 is 0 Å². The van der Waals surface area contributed by atoms with Crippen molar-refractivity contribution in [2.75, 3.05) is 6.54 Å². The lowest BCUT2D eigenvalue weighted by Crippen LogP contribution is -2.21. The molecule has 0 amide bonds. The van der Waals surface area contributed by atoms with Gasteiger partial charge < -0.3 is 5.32 Å². The topological polar surface area (TPSA) is 12.0 Å². The molecule has 1 atom stereocenters. The second-order valence-electron chi connectivity index (χ2n) is 4.31. The summed E-state index contributed by atoms with van der Waals surface area (Å²) in [6, 6.07) is 10.7. The smallest absolute Gasteiger partial charge is 0.0700 e. The molecule has 0 aliphatic heterocycles.